The third-order valence-electron chi connectivity index (χ3n) is 3.93. The summed E-state index contributed by atoms with van der Waals surface area (Å²) in [5.41, 5.74) is 0. The lowest BCUT2D eigenvalue weighted by atomic mass is 10.2. The third kappa shape index (κ3) is 3.31. The highest BCUT2D eigenvalue weighted by Crippen LogP contribution is 2.31. The lowest BCUT2D eigenvalue weighted by Crippen LogP contribution is -2.55. The molecule has 0 aliphatic carbocycles. The summed E-state index contributed by atoms with van der Waals surface area (Å²) >= 11 is -4.24. The van der Waals surface area contributed by atoms with Crippen LogP contribution in [0.15, 0.2) is 0 Å². The fourth-order valence-electron chi connectivity index (χ4n) is 2.76. The van der Waals surface area contributed by atoms with Crippen LogP contribution >= 0.6 is 0 Å². The van der Waals surface area contributed by atoms with E-state index >= 15 is 0 Å². The van der Waals surface area contributed by atoms with E-state index in [1.807, 2.05) is 0 Å². The molecule has 0 saturated heterocycles. The monoisotopic (exact) mass is 418 g/mol. The number of rotatable bonds is 2. The second kappa shape index (κ2) is 7.02. The van der Waals surface area contributed by atoms with Crippen LogP contribution in [0.5, 0.6) is 0 Å². The van der Waals surface area contributed by atoms with E-state index in [1.54, 1.807) is 0 Å². The van der Waals surface area contributed by atoms with Gasteiger partial charge in [0.15, 0.2) is 58.2 Å². The number of hydrogen-bond acceptors (Lipinski definition) is 0. The van der Waals surface area contributed by atoms with E-state index in [0.717, 1.165) is 20.8 Å². The molecule has 0 aromatic heterocycles. The molecule has 0 fully saturated rings. The Morgan fingerprint density at radius 3 is 0.778 bits per heavy atom. The van der Waals surface area contributed by atoms with Crippen LogP contribution in [0.1, 0.15) is 20.8 Å². The van der Waals surface area contributed by atoms with Gasteiger partial charge in [-0.1, -0.05) is 25.0 Å². The summed E-state index contributed by atoms with van der Waals surface area (Å²) < 4.78 is 133. The Balaban J connectivity index is 3.04. The van der Waals surface area contributed by atoms with Gasteiger partial charge in [0.2, 0.25) is 0 Å². The number of halogens is 10. The van der Waals surface area contributed by atoms with Crippen molar-refractivity contribution in [2.75, 3.05) is 0 Å². The number of benzene rings is 2. The molecule has 0 saturated carbocycles. The predicted molar refractivity (Wildman–Crippen MR) is 77.2 cm³/mol. The van der Waals surface area contributed by atoms with Gasteiger partial charge in [0.05, 0.1) is 0 Å². The highest BCUT2D eigenvalue weighted by molar-refractivity contribution is 6.87. The van der Waals surface area contributed by atoms with Crippen LogP contribution in [-0.2, 0) is 0 Å². The quantitative estimate of drug-likeness (QED) is 0.292. The Bertz CT molecular complexity index is 805. The maximum Gasteiger partial charge on any atom is 0.371 e. The molecule has 0 atom stereocenters. The van der Waals surface area contributed by atoms with E-state index < -0.39 is 85.4 Å². The first kappa shape index (κ1) is 21.6. The normalized spacial score (nSPS) is 11.9. The summed E-state index contributed by atoms with van der Waals surface area (Å²) in [5, 5.41) is 0. The van der Waals surface area contributed by atoms with E-state index in [-0.39, 0.29) is 0 Å². The molecule has 2 aromatic carbocycles. The first-order valence-electron chi connectivity index (χ1n) is 7.26. The van der Waals surface area contributed by atoms with Gasteiger partial charge in [0.1, 0.15) is 0 Å². The fraction of sp³-hybridized carbons (Fsp3) is 0.250. The Labute approximate surface area is 150 Å². The van der Waals surface area contributed by atoms with Gasteiger partial charge in [-0.3, -0.25) is 0 Å². The maximum absolute atomic E-state index is 14.2. The molecule has 0 aliphatic heterocycles. The molecule has 27 heavy (non-hydrogen) atoms. The second-order valence-electron chi connectivity index (χ2n) is 6.77. The molecular weight excluding hydrogens is 409 g/mol. The molecule has 2 aromatic rings. The van der Waals surface area contributed by atoms with Crippen molar-refractivity contribution >= 4 is 23.0 Å². The summed E-state index contributed by atoms with van der Waals surface area (Å²) in [4.78, 5) is 0. The van der Waals surface area contributed by atoms with Gasteiger partial charge in [0, 0.05) is 0 Å². The van der Waals surface area contributed by atoms with Gasteiger partial charge >= 0.3 is 14.1 Å². The van der Waals surface area contributed by atoms with Crippen LogP contribution in [-0.4, -0.2) is 14.1 Å². The van der Waals surface area contributed by atoms with Gasteiger partial charge in [-0.2, -0.15) is 0 Å². The minimum absolute atomic E-state index is 1.12. The third-order valence-corrected chi connectivity index (χ3v) is 7.83. The van der Waals surface area contributed by atoms with Gasteiger partial charge in [0.25, 0.3) is 0 Å². The second-order valence-corrected chi connectivity index (χ2v) is 10.5. The zero-order valence-corrected chi connectivity index (χ0v) is 15.0. The highest BCUT2D eigenvalue weighted by Gasteiger charge is 2.47. The van der Waals surface area contributed by atoms with Crippen LogP contribution < -0.4 is 8.85 Å². The first-order chi connectivity index (χ1) is 12.2. The summed E-state index contributed by atoms with van der Waals surface area (Å²) in [6, 6.07) is 0. The smallest absolute Gasteiger partial charge is 0.205 e. The zero-order valence-electron chi connectivity index (χ0n) is 13.9. The van der Waals surface area contributed by atoms with Crippen LogP contribution in [0.4, 0.5) is 43.9 Å². The summed E-state index contributed by atoms with van der Waals surface area (Å²) in [6.07, 6.45) is 0. The molecule has 2 rings (SSSR count). The van der Waals surface area contributed by atoms with Gasteiger partial charge < -0.3 is 0 Å². The van der Waals surface area contributed by atoms with E-state index in [0.29, 0.717) is 0 Å². The molecule has 0 bridgehead atoms. The average Bonchev–Trinajstić information content (AvgIpc) is 2.59. The lowest BCUT2D eigenvalue weighted by Gasteiger charge is -2.28. The van der Waals surface area contributed by atoms with Crippen molar-refractivity contribution in [3.63, 3.8) is 0 Å². The van der Waals surface area contributed by atoms with Crippen molar-refractivity contribution < 1.29 is 43.9 Å². The van der Waals surface area contributed by atoms with Crippen molar-refractivity contribution in [3.8, 4) is 0 Å². The Morgan fingerprint density at radius 1 is 0.407 bits per heavy atom. The first-order valence-corrected chi connectivity index (χ1v) is 8.99. The van der Waals surface area contributed by atoms with E-state index in [4.69, 9.17) is 0 Å². The van der Waals surface area contributed by atoms with E-state index in [9.17, 15) is 43.9 Å². The summed E-state index contributed by atoms with van der Waals surface area (Å²) in [5.74, 6) is -24.0. The molecule has 11 heteroatoms. The fourth-order valence-corrected chi connectivity index (χ4v) is 6.30. The molecule has 146 valence electrons. The summed E-state index contributed by atoms with van der Waals surface area (Å²) in [6.45, 7) is 3.37. The lowest BCUT2D eigenvalue weighted by molar-refractivity contribution is 0.381. The van der Waals surface area contributed by atoms with Gasteiger partial charge in [-0.15, -0.1) is 0 Å². The predicted octanol–water partition coefficient (Wildman–Crippen LogP) is 4.49. The van der Waals surface area contributed by atoms with Crippen molar-refractivity contribution in [1.82, 2.24) is 0 Å². The maximum atomic E-state index is 14.2. The van der Waals surface area contributed by atoms with Crippen molar-refractivity contribution in [2.24, 2.45) is 0 Å². The average molecular weight is 418 g/mol. The highest BCUT2D eigenvalue weighted by atomic mass is 27.2. The standard InChI is InChI=1S/2C6F5.C4H9.Al/c2*7-2-1-3(8)5(10)6(11)4(2)9;1-4(2)3;/h;;1-3H3;. The minimum Gasteiger partial charge on any atom is -0.205 e. The molecular formula is C16H9AlF10. The Morgan fingerprint density at radius 2 is 0.593 bits per heavy atom. The van der Waals surface area contributed by atoms with Crippen molar-refractivity contribution in [3.05, 3.63) is 58.2 Å². The van der Waals surface area contributed by atoms with Crippen molar-refractivity contribution in [2.45, 2.75) is 25.0 Å². The summed E-state index contributed by atoms with van der Waals surface area (Å²) in [7, 11) is 0. The molecule has 0 heterocycles. The SMILES string of the molecule is C[C](C)(C)[Al]([c]1c(F)c(F)c(F)c(F)c1F)[c]1c(F)c(F)c(F)c(F)c1F. The molecule has 0 unspecified atom stereocenters. The van der Waals surface area contributed by atoms with Crippen LogP contribution in [0, 0.1) is 58.2 Å². The molecule has 0 radical (unpaired) electrons. The van der Waals surface area contributed by atoms with Crippen LogP contribution in [0.25, 0.3) is 0 Å². The van der Waals surface area contributed by atoms with Gasteiger partial charge in [-0.25, -0.2) is 43.9 Å². The number of hydrogen-bond donors (Lipinski definition) is 0. The molecule has 0 N–H and O–H groups in total. The molecule has 0 spiro atoms. The van der Waals surface area contributed by atoms with Crippen molar-refractivity contribution in [1.29, 1.82) is 0 Å². The van der Waals surface area contributed by atoms with Crippen LogP contribution in [0.2, 0.25) is 4.28 Å². The Hall–Kier alpha value is -1.73. The minimum atomic E-state index is -4.24. The largest absolute Gasteiger partial charge is 0.371 e. The topological polar surface area (TPSA) is 0 Å². The van der Waals surface area contributed by atoms with E-state index in [2.05, 4.69) is 0 Å². The zero-order chi connectivity index (χ0) is 21.0. The van der Waals surface area contributed by atoms with Crippen LogP contribution in [0.3, 0.4) is 0 Å². The molecule has 0 aliphatic rings. The van der Waals surface area contributed by atoms with E-state index in [1.165, 1.54) is 0 Å². The molecule has 0 amide bonds. The molecule has 0 nitrogen and oxygen atoms in total. The Kier molecular flexibility index (Phi) is 5.61. The van der Waals surface area contributed by atoms with Gasteiger partial charge in [-0.05, 0) is 8.85 Å².